The molecular formula is C20H35N3O7. The fraction of sp³-hybridized carbons (Fsp3) is 0.750. The highest BCUT2D eigenvalue weighted by Crippen LogP contribution is 2.04. The summed E-state index contributed by atoms with van der Waals surface area (Å²) in [6.45, 7) is 7.57. The maximum atomic E-state index is 12.3. The zero-order chi connectivity index (χ0) is 23.3. The normalized spacial score (nSPS) is 11.8. The third kappa shape index (κ3) is 12.2. The van der Waals surface area contributed by atoms with E-state index in [0.29, 0.717) is 0 Å². The number of nitrogens with two attached hydrogens (primary N) is 1. The molecule has 0 bridgehead atoms. The molecule has 0 aromatic rings. The van der Waals surface area contributed by atoms with E-state index in [1.807, 2.05) is 0 Å². The van der Waals surface area contributed by atoms with E-state index < -0.39 is 18.0 Å². The molecule has 4 N–H and O–H groups in total. The molecular weight excluding hydrogens is 394 g/mol. The van der Waals surface area contributed by atoms with Crippen LogP contribution in [0.1, 0.15) is 53.4 Å². The number of hydrogen-bond donors (Lipinski definition) is 3. The first-order valence-electron chi connectivity index (χ1n) is 10.2. The van der Waals surface area contributed by atoms with Gasteiger partial charge in [-0.15, -0.1) is 0 Å². The van der Waals surface area contributed by atoms with Crippen molar-refractivity contribution in [2.24, 2.45) is 17.6 Å². The number of aliphatic carboxylic acids is 1. The van der Waals surface area contributed by atoms with E-state index in [-0.39, 0.29) is 81.4 Å². The molecule has 0 aliphatic carbocycles. The highest BCUT2D eigenvalue weighted by atomic mass is 16.5. The number of carbonyl (C=O) groups is 5. The predicted octanol–water partition coefficient (Wildman–Crippen LogP) is 0.328. The summed E-state index contributed by atoms with van der Waals surface area (Å²) in [4.78, 5) is 59.5. The maximum Gasteiger partial charge on any atom is 0.320 e. The molecule has 0 aliphatic heterocycles. The molecule has 0 aromatic heterocycles. The Hall–Kier alpha value is -2.49. The van der Waals surface area contributed by atoms with Gasteiger partial charge in [0.15, 0.2) is 0 Å². The molecule has 1 atom stereocenters. The Balaban J connectivity index is 4.37. The molecule has 0 aliphatic rings. The van der Waals surface area contributed by atoms with Crippen molar-refractivity contribution < 1.29 is 33.8 Å². The van der Waals surface area contributed by atoms with Crippen molar-refractivity contribution in [1.29, 1.82) is 0 Å². The first kappa shape index (κ1) is 27.5. The number of rotatable bonds is 15. The van der Waals surface area contributed by atoms with Crippen LogP contribution in [0.15, 0.2) is 0 Å². The summed E-state index contributed by atoms with van der Waals surface area (Å²) < 4.78 is 5.11. The average molecular weight is 430 g/mol. The van der Waals surface area contributed by atoms with E-state index in [2.05, 4.69) is 5.32 Å². The second-order valence-electron chi connectivity index (χ2n) is 7.65. The number of ketones is 1. The molecule has 0 unspecified atom stereocenters. The number of hydrogen-bond acceptors (Lipinski definition) is 7. The average Bonchev–Trinajstić information content (AvgIpc) is 2.67. The molecule has 0 aromatic carbocycles. The monoisotopic (exact) mass is 429 g/mol. The fourth-order valence-corrected chi connectivity index (χ4v) is 2.38. The van der Waals surface area contributed by atoms with Crippen LogP contribution in [0.2, 0.25) is 0 Å². The molecule has 0 saturated heterocycles. The molecule has 0 fully saturated rings. The SMILES string of the molecule is CC(C)C(=O)CCC(=O)OCCN(CCNC(=O)CC[C@H](N)C(=O)O)C(=O)C(C)C. The largest absolute Gasteiger partial charge is 0.480 e. The number of Topliss-reactive ketones (excluding diaryl/α,β-unsaturated/α-hetero) is 1. The Morgan fingerprint density at radius 1 is 0.967 bits per heavy atom. The summed E-state index contributed by atoms with van der Waals surface area (Å²) >= 11 is 0. The van der Waals surface area contributed by atoms with Gasteiger partial charge in [0.25, 0.3) is 0 Å². The van der Waals surface area contributed by atoms with Gasteiger partial charge in [0.05, 0.1) is 13.0 Å². The van der Waals surface area contributed by atoms with Crippen molar-refractivity contribution in [2.45, 2.75) is 59.4 Å². The number of amides is 2. The van der Waals surface area contributed by atoms with Crippen molar-refractivity contribution in [3.8, 4) is 0 Å². The predicted molar refractivity (Wildman–Crippen MR) is 109 cm³/mol. The van der Waals surface area contributed by atoms with E-state index in [0.717, 1.165) is 0 Å². The maximum absolute atomic E-state index is 12.3. The van der Waals surface area contributed by atoms with Gasteiger partial charge in [0.2, 0.25) is 11.8 Å². The van der Waals surface area contributed by atoms with Crippen molar-refractivity contribution in [3.63, 3.8) is 0 Å². The molecule has 10 nitrogen and oxygen atoms in total. The molecule has 0 spiro atoms. The lowest BCUT2D eigenvalue weighted by atomic mass is 10.1. The van der Waals surface area contributed by atoms with Gasteiger partial charge < -0.3 is 25.8 Å². The summed E-state index contributed by atoms with van der Waals surface area (Å²) in [5.74, 6) is -2.58. The zero-order valence-electron chi connectivity index (χ0n) is 18.3. The summed E-state index contributed by atoms with van der Waals surface area (Å²) in [6, 6.07) is -1.10. The van der Waals surface area contributed by atoms with Crippen LogP contribution < -0.4 is 11.1 Å². The van der Waals surface area contributed by atoms with Crippen LogP contribution in [0.25, 0.3) is 0 Å². The highest BCUT2D eigenvalue weighted by molar-refractivity contribution is 5.84. The Kier molecular flexibility index (Phi) is 13.3. The lowest BCUT2D eigenvalue weighted by Gasteiger charge is -2.24. The molecule has 10 heteroatoms. The van der Waals surface area contributed by atoms with Gasteiger partial charge >= 0.3 is 11.9 Å². The Bertz CT molecular complexity index is 605. The van der Waals surface area contributed by atoms with Crippen LogP contribution in [0.5, 0.6) is 0 Å². The number of nitrogens with one attached hydrogen (secondary N) is 1. The van der Waals surface area contributed by atoms with Crippen LogP contribution in [0.4, 0.5) is 0 Å². The van der Waals surface area contributed by atoms with E-state index in [4.69, 9.17) is 15.6 Å². The van der Waals surface area contributed by atoms with Crippen LogP contribution >= 0.6 is 0 Å². The van der Waals surface area contributed by atoms with Gasteiger partial charge in [0.1, 0.15) is 18.4 Å². The minimum Gasteiger partial charge on any atom is -0.480 e. The smallest absolute Gasteiger partial charge is 0.320 e. The minimum absolute atomic E-state index is 0.00365. The van der Waals surface area contributed by atoms with Gasteiger partial charge in [-0.2, -0.15) is 0 Å². The van der Waals surface area contributed by atoms with Gasteiger partial charge in [-0.1, -0.05) is 27.7 Å². The van der Waals surface area contributed by atoms with E-state index in [9.17, 15) is 24.0 Å². The molecule has 2 amide bonds. The van der Waals surface area contributed by atoms with Crippen LogP contribution in [-0.4, -0.2) is 71.8 Å². The number of esters is 1. The van der Waals surface area contributed by atoms with Crippen LogP contribution in [0, 0.1) is 11.8 Å². The summed E-state index contributed by atoms with van der Waals surface area (Å²) in [7, 11) is 0. The fourth-order valence-electron chi connectivity index (χ4n) is 2.38. The first-order valence-corrected chi connectivity index (χ1v) is 10.2. The Labute approximate surface area is 177 Å². The number of carbonyl (C=O) groups excluding carboxylic acids is 4. The summed E-state index contributed by atoms with van der Waals surface area (Å²) in [5, 5.41) is 11.3. The van der Waals surface area contributed by atoms with Gasteiger partial charge in [-0.3, -0.25) is 24.0 Å². The van der Waals surface area contributed by atoms with Gasteiger partial charge in [0, 0.05) is 37.8 Å². The number of nitrogens with zero attached hydrogens (tertiary/aromatic N) is 1. The standard InChI is InChI=1S/C20H35N3O7/c1-13(2)16(24)6-8-18(26)30-12-11-23(19(27)14(3)4)10-9-22-17(25)7-5-15(21)20(28)29/h13-15H,5-12,21H2,1-4H3,(H,22,25)(H,28,29)/t15-/m0/s1. The van der Waals surface area contributed by atoms with Crippen molar-refractivity contribution in [2.75, 3.05) is 26.2 Å². The number of carboxylic acids is 1. The summed E-state index contributed by atoms with van der Waals surface area (Å²) in [5.41, 5.74) is 5.35. The van der Waals surface area contributed by atoms with Crippen molar-refractivity contribution in [3.05, 3.63) is 0 Å². The lowest BCUT2D eigenvalue weighted by molar-refractivity contribution is -0.147. The quantitative estimate of drug-likeness (QED) is 0.314. The second-order valence-corrected chi connectivity index (χ2v) is 7.65. The zero-order valence-corrected chi connectivity index (χ0v) is 18.3. The van der Waals surface area contributed by atoms with E-state index in [1.165, 1.54) is 4.90 Å². The number of ether oxygens (including phenoxy) is 1. The van der Waals surface area contributed by atoms with E-state index >= 15 is 0 Å². The third-order valence-corrected chi connectivity index (χ3v) is 4.35. The van der Waals surface area contributed by atoms with Gasteiger partial charge in [-0.05, 0) is 6.42 Å². The molecule has 0 saturated carbocycles. The third-order valence-electron chi connectivity index (χ3n) is 4.35. The topological polar surface area (TPSA) is 156 Å². The van der Waals surface area contributed by atoms with Crippen molar-refractivity contribution in [1.82, 2.24) is 10.2 Å². The molecule has 0 heterocycles. The Morgan fingerprint density at radius 2 is 1.60 bits per heavy atom. The minimum atomic E-state index is -1.17. The first-order chi connectivity index (χ1) is 14.0. The Morgan fingerprint density at radius 3 is 2.13 bits per heavy atom. The van der Waals surface area contributed by atoms with Crippen molar-refractivity contribution >= 4 is 29.5 Å². The molecule has 0 radical (unpaired) electrons. The van der Waals surface area contributed by atoms with Gasteiger partial charge in [-0.25, -0.2) is 0 Å². The number of carboxylic acid groups (broad SMARTS) is 1. The summed E-state index contributed by atoms with van der Waals surface area (Å²) in [6.07, 6.45) is 0.121. The lowest BCUT2D eigenvalue weighted by Crippen LogP contribution is -2.42. The van der Waals surface area contributed by atoms with Crippen LogP contribution in [-0.2, 0) is 28.7 Å². The second kappa shape index (κ2) is 14.5. The highest BCUT2D eigenvalue weighted by Gasteiger charge is 2.18. The molecule has 30 heavy (non-hydrogen) atoms. The van der Waals surface area contributed by atoms with Crippen LogP contribution in [0.3, 0.4) is 0 Å². The molecule has 0 rings (SSSR count). The van der Waals surface area contributed by atoms with E-state index in [1.54, 1.807) is 27.7 Å². The molecule has 172 valence electrons.